The van der Waals surface area contributed by atoms with E-state index in [1.54, 1.807) is 12.0 Å². The number of hydrogen-bond donors (Lipinski definition) is 0. The van der Waals surface area contributed by atoms with E-state index < -0.39 is 9.84 Å². The van der Waals surface area contributed by atoms with E-state index in [4.69, 9.17) is 9.15 Å². The second-order valence-electron chi connectivity index (χ2n) is 7.89. The zero-order valence-electron chi connectivity index (χ0n) is 17.3. The van der Waals surface area contributed by atoms with E-state index in [9.17, 15) is 13.2 Å². The number of furan rings is 1. The Bertz CT molecular complexity index is 1190. The van der Waals surface area contributed by atoms with Crippen LogP contribution < -0.4 is 4.74 Å². The Balaban J connectivity index is 1.71. The maximum absolute atomic E-state index is 13.6. The fourth-order valence-corrected chi connectivity index (χ4v) is 5.71. The largest absolute Gasteiger partial charge is 0.497 e. The fourth-order valence-electron chi connectivity index (χ4n) is 3.98. The number of hydrogen-bond acceptors (Lipinski definition) is 5. The SMILES string of the molecule is COc1ccc(CN(C(=O)c2oc3cc(C)ccc3c2C)[C@@H]2CCS(=O)(=O)C2)cc1. The predicted octanol–water partition coefficient (Wildman–Crippen LogP) is 3.89. The zero-order valence-corrected chi connectivity index (χ0v) is 18.2. The molecular weight excluding hydrogens is 402 g/mol. The number of amides is 1. The molecule has 0 saturated carbocycles. The Kier molecular flexibility index (Phi) is 5.32. The van der Waals surface area contributed by atoms with Gasteiger partial charge in [-0.25, -0.2) is 8.42 Å². The van der Waals surface area contributed by atoms with Crippen molar-refractivity contribution in [3.05, 3.63) is 64.9 Å². The quantitative estimate of drug-likeness (QED) is 0.617. The van der Waals surface area contributed by atoms with Crippen molar-refractivity contribution in [1.82, 2.24) is 4.90 Å². The predicted molar refractivity (Wildman–Crippen MR) is 116 cm³/mol. The number of methoxy groups -OCH3 is 1. The van der Waals surface area contributed by atoms with Crippen molar-refractivity contribution in [2.75, 3.05) is 18.6 Å². The van der Waals surface area contributed by atoms with Gasteiger partial charge in [-0.1, -0.05) is 24.3 Å². The van der Waals surface area contributed by atoms with Gasteiger partial charge in [0.05, 0.1) is 18.6 Å². The third kappa shape index (κ3) is 3.94. The van der Waals surface area contributed by atoms with Crippen LogP contribution in [-0.2, 0) is 16.4 Å². The fraction of sp³-hybridized carbons (Fsp3) is 0.348. The number of ether oxygens (including phenoxy) is 1. The molecule has 1 aromatic heterocycles. The molecule has 1 aliphatic heterocycles. The Morgan fingerprint density at radius 2 is 1.90 bits per heavy atom. The molecule has 2 aromatic carbocycles. The first-order valence-corrected chi connectivity index (χ1v) is 11.7. The topological polar surface area (TPSA) is 76.8 Å². The van der Waals surface area contributed by atoms with Gasteiger partial charge >= 0.3 is 0 Å². The number of fused-ring (bicyclic) bond motifs is 1. The first-order valence-electron chi connectivity index (χ1n) is 9.91. The summed E-state index contributed by atoms with van der Waals surface area (Å²) in [7, 11) is -1.55. The molecule has 0 unspecified atom stereocenters. The van der Waals surface area contributed by atoms with E-state index in [0.29, 0.717) is 18.5 Å². The second kappa shape index (κ2) is 7.80. The Morgan fingerprint density at radius 3 is 2.53 bits per heavy atom. The molecule has 6 nitrogen and oxygen atoms in total. The summed E-state index contributed by atoms with van der Waals surface area (Å²) < 4.78 is 35.4. The number of rotatable bonds is 5. The van der Waals surface area contributed by atoms with Crippen molar-refractivity contribution in [2.45, 2.75) is 32.9 Å². The molecule has 4 rings (SSSR count). The van der Waals surface area contributed by atoms with Crippen LogP contribution in [0.15, 0.2) is 46.9 Å². The van der Waals surface area contributed by atoms with Gasteiger partial charge in [-0.05, 0) is 49.6 Å². The molecule has 0 aliphatic carbocycles. The summed E-state index contributed by atoms with van der Waals surface area (Å²) in [5.41, 5.74) is 3.39. The molecule has 1 atom stereocenters. The number of benzene rings is 2. The van der Waals surface area contributed by atoms with E-state index in [2.05, 4.69) is 0 Å². The zero-order chi connectivity index (χ0) is 21.5. The van der Waals surface area contributed by atoms with Crippen LogP contribution in [0.4, 0.5) is 0 Å². The molecule has 1 amide bonds. The second-order valence-corrected chi connectivity index (χ2v) is 10.1. The summed E-state index contributed by atoms with van der Waals surface area (Å²) in [4.78, 5) is 15.2. The minimum absolute atomic E-state index is 0.0206. The Labute approximate surface area is 176 Å². The molecule has 0 N–H and O–H groups in total. The number of carbonyl (C=O) groups excluding carboxylic acids is 1. The van der Waals surface area contributed by atoms with E-state index >= 15 is 0 Å². The van der Waals surface area contributed by atoms with Crippen LogP contribution in [0.5, 0.6) is 5.75 Å². The van der Waals surface area contributed by atoms with Crippen molar-refractivity contribution >= 4 is 26.7 Å². The summed E-state index contributed by atoms with van der Waals surface area (Å²) in [6.07, 6.45) is 0.433. The Hall–Kier alpha value is -2.80. The number of sulfone groups is 1. The first kappa shape index (κ1) is 20.5. The molecule has 1 fully saturated rings. The third-order valence-corrected chi connectivity index (χ3v) is 7.46. The lowest BCUT2D eigenvalue weighted by atomic mass is 10.1. The van der Waals surface area contributed by atoms with Gasteiger partial charge < -0.3 is 14.1 Å². The highest BCUT2D eigenvalue weighted by atomic mass is 32.2. The third-order valence-electron chi connectivity index (χ3n) is 5.71. The number of nitrogens with zero attached hydrogens (tertiary/aromatic N) is 1. The molecular formula is C23H25NO5S. The normalized spacial score (nSPS) is 17.9. The van der Waals surface area contributed by atoms with Gasteiger partial charge in [0.2, 0.25) is 0 Å². The first-order chi connectivity index (χ1) is 14.3. The lowest BCUT2D eigenvalue weighted by Crippen LogP contribution is -2.40. The van der Waals surface area contributed by atoms with Crippen LogP contribution in [0.25, 0.3) is 11.0 Å². The van der Waals surface area contributed by atoms with E-state index in [1.165, 1.54) is 0 Å². The molecule has 0 radical (unpaired) electrons. The molecule has 2 heterocycles. The van der Waals surface area contributed by atoms with Crippen molar-refractivity contribution in [2.24, 2.45) is 0 Å². The Morgan fingerprint density at radius 1 is 1.17 bits per heavy atom. The smallest absolute Gasteiger partial charge is 0.290 e. The standard InChI is InChI=1S/C23H25NO5S/c1-15-4-9-20-16(2)22(29-21(20)12-15)23(25)24(18-10-11-30(26,27)14-18)13-17-5-7-19(28-3)8-6-17/h4-9,12,18H,10-11,13-14H2,1-3H3/t18-/m1/s1. The molecule has 158 valence electrons. The van der Waals surface area contributed by atoms with Crippen LogP contribution in [0.1, 0.15) is 33.7 Å². The van der Waals surface area contributed by atoms with Gasteiger partial charge in [0, 0.05) is 23.5 Å². The highest BCUT2D eigenvalue weighted by molar-refractivity contribution is 7.91. The monoisotopic (exact) mass is 427 g/mol. The van der Waals surface area contributed by atoms with Crippen LogP contribution in [-0.4, -0.2) is 43.9 Å². The highest BCUT2D eigenvalue weighted by Gasteiger charge is 2.36. The minimum Gasteiger partial charge on any atom is -0.497 e. The number of aryl methyl sites for hydroxylation is 2. The van der Waals surface area contributed by atoms with Gasteiger partial charge in [0.25, 0.3) is 5.91 Å². The molecule has 30 heavy (non-hydrogen) atoms. The van der Waals surface area contributed by atoms with E-state index in [-0.39, 0.29) is 29.2 Å². The molecule has 3 aromatic rings. The highest BCUT2D eigenvalue weighted by Crippen LogP contribution is 2.30. The van der Waals surface area contributed by atoms with Crippen LogP contribution >= 0.6 is 0 Å². The summed E-state index contributed by atoms with van der Waals surface area (Å²) in [6, 6.07) is 12.9. The van der Waals surface area contributed by atoms with Gasteiger partial charge in [0.15, 0.2) is 15.6 Å². The van der Waals surface area contributed by atoms with Gasteiger partial charge in [-0.3, -0.25) is 4.79 Å². The summed E-state index contributed by atoms with van der Waals surface area (Å²) in [6.45, 7) is 4.14. The lowest BCUT2D eigenvalue weighted by molar-refractivity contribution is 0.0649. The average Bonchev–Trinajstić information content (AvgIpc) is 3.24. The summed E-state index contributed by atoms with van der Waals surface area (Å²) >= 11 is 0. The summed E-state index contributed by atoms with van der Waals surface area (Å²) in [5, 5.41) is 0.896. The maximum Gasteiger partial charge on any atom is 0.290 e. The average molecular weight is 428 g/mol. The van der Waals surface area contributed by atoms with Crippen molar-refractivity contribution in [1.29, 1.82) is 0 Å². The van der Waals surface area contributed by atoms with E-state index in [1.807, 2.05) is 56.3 Å². The lowest BCUT2D eigenvalue weighted by Gasteiger charge is -2.28. The van der Waals surface area contributed by atoms with Crippen LogP contribution in [0.3, 0.4) is 0 Å². The van der Waals surface area contributed by atoms with Crippen LogP contribution in [0.2, 0.25) is 0 Å². The van der Waals surface area contributed by atoms with Gasteiger partial charge in [-0.2, -0.15) is 0 Å². The molecule has 7 heteroatoms. The molecule has 0 bridgehead atoms. The van der Waals surface area contributed by atoms with Crippen molar-refractivity contribution in [3.63, 3.8) is 0 Å². The van der Waals surface area contributed by atoms with Crippen LogP contribution in [0, 0.1) is 13.8 Å². The van der Waals surface area contributed by atoms with E-state index in [0.717, 1.165) is 27.8 Å². The van der Waals surface area contributed by atoms with Crippen molar-refractivity contribution < 1.29 is 22.4 Å². The van der Waals surface area contributed by atoms with Gasteiger partial charge in [-0.15, -0.1) is 0 Å². The molecule has 1 aliphatic rings. The van der Waals surface area contributed by atoms with Gasteiger partial charge in [0.1, 0.15) is 11.3 Å². The molecule has 1 saturated heterocycles. The maximum atomic E-state index is 13.6. The molecule has 0 spiro atoms. The summed E-state index contributed by atoms with van der Waals surface area (Å²) in [5.74, 6) is 0.798. The van der Waals surface area contributed by atoms with Crippen molar-refractivity contribution in [3.8, 4) is 5.75 Å². The minimum atomic E-state index is -3.14. The number of carbonyl (C=O) groups is 1.